The number of rotatable bonds is 6. The molecule has 0 unspecified atom stereocenters. The molecule has 6 nitrogen and oxygen atoms in total. The first-order valence-corrected chi connectivity index (χ1v) is 10.9. The molecule has 0 bridgehead atoms. The quantitative estimate of drug-likeness (QED) is 0.246. The topological polar surface area (TPSA) is 77.8 Å². The number of carbonyl (C=O) groups is 1. The van der Waals surface area contributed by atoms with Gasteiger partial charge in [-0.1, -0.05) is 41.4 Å². The van der Waals surface area contributed by atoms with Crippen molar-refractivity contribution in [3.8, 4) is 22.6 Å². The van der Waals surface area contributed by atoms with Crippen molar-refractivity contribution < 1.29 is 18.7 Å². The smallest absolute Gasteiger partial charge is 0.344 e. The first kappa shape index (κ1) is 23.4. The van der Waals surface area contributed by atoms with Gasteiger partial charge in [0.2, 0.25) is 5.91 Å². The van der Waals surface area contributed by atoms with Gasteiger partial charge in [0.05, 0.1) is 24.8 Å². The van der Waals surface area contributed by atoms with Gasteiger partial charge in [0.15, 0.2) is 0 Å². The van der Waals surface area contributed by atoms with E-state index < -0.39 is 11.5 Å². The van der Waals surface area contributed by atoms with Gasteiger partial charge in [-0.3, -0.25) is 4.79 Å². The number of benzene rings is 3. The molecule has 0 spiro atoms. The molecule has 172 valence electrons. The Morgan fingerprint density at radius 3 is 2.53 bits per heavy atom. The molecule has 0 saturated heterocycles. The van der Waals surface area contributed by atoms with Crippen LogP contribution in [0.2, 0.25) is 10.0 Å². The number of methoxy groups -OCH3 is 2. The Labute approximate surface area is 205 Å². The second-order valence-electron chi connectivity index (χ2n) is 7.23. The number of ether oxygens (including phenoxy) is 2. The molecule has 0 fully saturated rings. The summed E-state index contributed by atoms with van der Waals surface area (Å²) < 4.78 is 16.2. The van der Waals surface area contributed by atoms with Crippen LogP contribution in [-0.4, -0.2) is 20.1 Å². The molecule has 0 atom stereocenters. The predicted molar refractivity (Wildman–Crippen MR) is 135 cm³/mol. The number of halogens is 2. The zero-order valence-corrected chi connectivity index (χ0v) is 19.7. The van der Waals surface area contributed by atoms with Crippen LogP contribution in [0.15, 0.2) is 76.0 Å². The molecule has 1 amide bonds. The van der Waals surface area contributed by atoms with E-state index in [0.29, 0.717) is 49.5 Å². The summed E-state index contributed by atoms with van der Waals surface area (Å²) in [6.45, 7) is 0. The number of hydrogen-bond donors (Lipinski definition) is 1. The molecule has 4 rings (SSSR count). The zero-order chi connectivity index (χ0) is 24.2. The maximum Gasteiger partial charge on any atom is 0.344 e. The number of nitrogens with one attached hydrogen (secondary N) is 1. The first-order valence-electron chi connectivity index (χ1n) is 10.1. The summed E-state index contributed by atoms with van der Waals surface area (Å²) in [4.78, 5) is 25.1. The summed E-state index contributed by atoms with van der Waals surface area (Å²) in [7, 11) is 2.97. The van der Waals surface area contributed by atoms with E-state index in [-0.39, 0.29) is 0 Å². The summed E-state index contributed by atoms with van der Waals surface area (Å²) in [5.41, 5.74) is 1.98. The Hall–Kier alpha value is -3.74. The van der Waals surface area contributed by atoms with Gasteiger partial charge in [-0.25, -0.2) is 4.79 Å². The monoisotopic (exact) mass is 495 g/mol. The normalized spacial score (nSPS) is 11.1. The molecule has 0 aliphatic rings. The van der Waals surface area contributed by atoms with E-state index in [2.05, 4.69) is 5.32 Å². The molecule has 4 aromatic rings. The number of hydrogen-bond acceptors (Lipinski definition) is 5. The Kier molecular flexibility index (Phi) is 6.91. The van der Waals surface area contributed by atoms with E-state index in [4.69, 9.17) is 37.1 Å². The lowest BCUT2D eigenvalue weighted by atomic mass is 10.0. The van der Waals surface area contributed by atoms with Crippen LogP contribution in [0.4, 0.5) is 5.69 Å². The molecule has 0 aliphatic carbocycles. The highest BCUT2D eigenvalue weighted by Gasteiger charge is 2.14. The average Bonchev–Trinajstić information content (AvgIpc) is 2.82. The first-order chi connectivity index (χ1) is 16.4. The molecule has 1 N–H and O–H groups in total. The van der Waals surface area contributed by atoms with Gasteiger partial charge >= 0.3 is 5.63 Å². The van der Waals surface area contributed by atoms with Gasteiger partial charge in [-0.15, -0.1) is 0 Å². The zero-order valence-electron chi connectivity index (χ0n) is 18.2. The van der Waals surface area contributed by atoms with Crippen molar-refractivity contribution >= 4 is 51.8 Å². The minimum Gasteiger partial charge on any atom is -0.496 e. The molecular weight excluding hydrogens is 477 g/mol. The van der Waals surface area contributed by atoms with Gasteiger partial charge in [0, 0.05) is 39.4 Å². The van der Waals surface area contributed by atoms with E-state index in [9.17, 15) is 9.59 Å². The SMILES string of the molecule is COc1cc(NC(=O)/C=C/c2cc(Cl)cc(Cl)c2OC)ccc1-c1cc2ccccc2oc1=O. The van der Waals surface area contributed by atoms with Crippen LogP contribution in [0.5, 0.6) is 11.5 Å². The fraction of sp³-hybridized carbons (Fsp3) is 0.0769. The molecule has 3 aromatic carbocycles. The van der Waals surface area contributed by atoms with Crippen LogP contribution in [-0.2, 0) is 4.79 Å². The molecule has 1 aromatic heterocycles. The van der Waals surface area contributed by atoms with E-state index in [1.54, 1.807) is 54.6 Å². The molecule has 0 saturated carbocycles. The average molecular weight is 496 g/mol. The molecule has 0 aliphatic heterocycles. The maximum atomic E-state index is 12.6. The van der Waals surface area contributed by atoms with Crippen molar-refractivity contribution in [2.75, 3.05) is 19.5 Å². The Morgan fingerprint density at radius 2 is 1.76 bits per heavy atom. The molecule has 1 heterocycles. The number of para-hydroxylation sites is 1. The third kappa shape index (κ3) is 4.93. The van der Waals surface area contributed by atoms with Crippen molar-refractivity contribution in [1.29, 1.82) is 0 Å². The summed E-state index contributed by atoms with van der Waals surface area (Å²) in [6.07, 6.45) is 2.89. The number of amides is 1. The summed E-state index contributed by atoms with van der Waals surface area (Å²) in [5.74, 6) is 0.432. The number of anilines is 1. The largest absolute Gasteiger partial charge is 0.496 e. The van der Waals surface area contributed by atoms with Gasteiger partial charge in [-0.05, 0) is 42.5 Å². The fourth-order valence-electron chi connectivity index (χ4n) is 3.51. The van der Waals surface area contributed by atoms with Crippen molar-refractivity contribution in [2.24, 2.45) is 0 Å². The van der Waals surface area contributed by atoms with Crippen LogP contribution in [0, 0.1) is 0 Å². The second kappa shape index (κ2) is 10.0. The lowest BCUT2D eigenvalue weighted by Gasteiger charge is -2.11. The van der Waals surface area contributed by atoms with Crippen LogP contribution >= 0.6 is 23.2 Å². The lowest BCUT2D eigenvalue weighted by Crippen LogP contribution is -2.09. The summed E-state index contributed by atoms with van der Waals surface area (Å²) in [6, 6.07) is 17.2. The molecule has 0 radical (unpaired) electrons. The predicted octanol–water partition coefficient (Wildman–Crippen LogP) is 6.44. The minimum atomic E-state index is -0.481. The van der Waals surface area contributed by atoms with Crippen molar-refractivity contribution in [3.63, 3.8) is 0 Å². The van der Waals surface area contributed by atoms with Crippen molar-refractivity contribution in [1.82, 2.24) is 0 Å². The Bertz CT molecular complexity index is 1480. The van der Waals surface area contributed by atoms with E-state index in [1.807, 2.05) is 12.1 Å². The van der Waals surface area contributed by atoms with E-state index in [1.165, 1.54) is 20.3 Å². The van der Waals surface area contributed by atoms with Crippen LogP contribution in [0.25, 0.3) is 28.2 Å². The second-order valence-corrected chi connectivity index (χ2v) is 8.08. The van der Waals surface area contributed by atoms with Gasteiger partial charge < -0.3 is 19.2 Å². The standard InChI is InChI=1S/C26H19Cl2NO5/c1-32-23-14-18(29-24(30)10-7-16-11-17(27)13-21(28)25(16)33-2)8-9-19(23)20-12-15-5-3-4-6-22(15)34-26(20)31/h3-14H,1-2H3,(H,29,30)/b10-7+. The summed E-state index contributed by atoms with van der Waals surface area (Å²) in [5, 5.41) is 4.31. The van der Waals surface area contributed by atoms with Gasteiger partial charge in [-0.2, -0.15) is 0 Å². The highest BCUT2D eigenvalue weighted by molar-refractivity contribution is 6.36. The molecule has 34 heavy (non-hydrogen) atoms. The molecular formula is C26H19Cl2NO5. The van der Waals surface area contributed by atoms with Crippen LogP contribution in [0.3, 0.4) is 0 Å². The Balaban J connectivity index is 1.59. The number of fused-ring (bicyclic) bond motifs is 1. The van der Waals surface area contributed by atoms with E-state index in [0.717, 1.165) is 5.39 Å². The van der Waals surface area contributed by atoms with Crippen LogP contribution in [0.1, 0.15) is 5.56 Å². The highest BCUT2D eigenvalue weighted by Crippen LogP contribution is 2.34. The van der Waals surface area contributed by atoms with Gasteiger partial charge in [0.25, 0.3) is 0 Å². The van der Waals surface area contributed by atoms with E-state index >= 15 is 0 Å². The van der Waals surface area contributed by atoms with Crippen molar-refractivity contribution in [2.45, 2.75) is 0 Å². The maximum absolute atomic E-state index is 12.6. The van der Waals surface area contributed by atoms with Crippen molar-refractivity contribution in [3.05, 3.63) is 92.8 Å². The lowest BCUT2D eigenvalue weighted by molar-refractivity contribution is -0.111. The van der Waals surface area contributed by atoms with Crippen LogP contribution < -0.4 is 20.4 Å². The highest BCUT2D eigenvalue weighted by atomic mass is 35.5. The van der Waals surface area contributed by atoms with Gasteiger partial charge in [0.1, 0.15) is 17.1 Å². The third-order valence-corrected chi connectivity index (χ3v) is 5.56. The third-order valence-electron chi connectivity index (χ3n) is 5.06. The molecule has 8 heteroatoms. The summed E-state index contributed by atoms with van der Waals surface area (Å²) >= 11 is 12.2. The Morgan fingerprint density at radius 1 is 0.971 bits per heavy atom. The minimum absolute atomic E-state index is 0.341. The number of carbonyl (C=O) groups excluding carboxylic acids is 1. The fourth-order valence-corrected chi connectivity index (χ4v) is 4.10.